The minimum Gasteiger partial charge on any atom is -0.610 e. The lowest BCUT2D eigenvalue weighted by Gasteiger charge is -2.47. The first-order chi connectivity index (χ1) is 14.5. The summed E-state index contributed by atoms with van der Waals surface area (Å²) in [7, 11) is 0. The van der Waals surface area contributed by atoms with E-state index < -0.39 is 21.5 Å². The SMILES string of the molecule is Cc1ccc([S+]([O-])[C@]2(c3ccccc3)C(C=N)=CC=C[C@]2(O)c2ccccc2)cc1. The summed E-state index contributed by atoms with van der Waals surface area (Å²) in [6.07, 6.45) is 6.40. The van der Waals surface area contributed by atoms with Crippen LogP contribution in [0.3, 0.4) is 0 Å². The van der Waals surface area contributed by atoms with Crippen LogP contribution in [-0.2, 0) is 21.5 Å². The van der Waals surface area contributed by atoms with Gasteiger partial charge in [-0.05, 0) is 30.7 Å². The number of aliphatic hydroxyl groups is 1. The largest absolute Gasteiger partial charge is 0.610 e. The molecule has 0 amide bonds. The summed E-state index contributed by atoms with van der Waals surface area (Å²) in [5.74, 6) is 0. The van der Waals surface area contributed by atoms with Crippen molar-refractivity contribution < 1.29 is 9.66 Å². The molecule has 1 aliphatic carbocycles. The molecule has 150 valence electrons. The molecule has 0 fully saturated rings. The van der Waals surface area contributed by atoms with Gasteiger partial charge in [0.1, 0.15) is 0 Å². The van der Waals surface area contributed by atoms with Crippen LogP contribution in [0.15, 0.2) is 114 Å². The van der Waals surface area contributed by atoms with Crippen molar-refractivity contribution in [1.82, 2.24) is 0 Å². The van der Waals surface area contributed by atoms with E-state index in [4.69, 9.17) is 5.41 Å². The van der Waals surface area contributed by atoms with E-state index in [9.17, 15) is 9.66 Å². The van der Waals surface area contributed by atoms with Gasteiger partial charge in [0.2, 0.25) is 4.75 Å². The number of aryl methyl sites for hydroxylation is 1. The van der Waals surface area contributed by atoms with Crippen LogP contribution in [0.4, 0.5) is 0 Å². The van der Waals surface area contributed by atoms with Gasteiger partial charge in [-0.25, -0.2) is 0 Å². The number of benzene rings is 3. The molecule has 30 heavy (non-hydrogen) atoms. The molecule has 0 heterocycles. The smallest absolute Gasteiger partial charge is 0.218 e. The lowest BCUT2D eigenvalue weighted by molar-refractivity contribution is 0.0521. The second-order valence-corrected chi connectivity index (χ2v) is 9.01. The van der Waals surface area contributed by atoms with Gasteiger partial charge in [-0.1, -0.05) is 90.5 Å². The summed E-state index contributed by atoms with van der Waals surface area (Å²) >= 11 is -1.71. The first kappa shape index (κ1) is 20.4. The zero-order valence-electron chi connectivity index (χ0n) is 16.7. The molecule has 3 atom stereocenters. The number of rotatable bonds is 5. The Hall–Kier alpha value is -2.92. The van der Waals surface area contributed by atoms with Crippen molar-refractivity contribution in [1.29, 1.82) is 5.41 Å². The minimum atomic E-state index is -1.71. The van der Waals surface area contributed by atoms with Gasteiger partial charge in [0.05, 0.1) is 0 Å². The molecule has 0 spiro atoms. The standard InChI is InChI=1S/C26H23NO2S/c1-20-14-16-24(17-15-20)30(29)26(22-11-6-3-7-12-22)23(19-27)13-8-18-25(26,28)21-9-4-2-5-10-21/h2-19,27-28H,1H3/t25-,26+,30?/m0/s1. The highest BCUT2D eigenvalue weighted by Crippen LogP contribution is 2.55. The molecule has 1 unspecified atom stereocenters. The van der Waals surface area contributed by atoms with Crippen molar-refractivity contribution in [3.8, 4) is 0 Å². The van der Waals surface area contributed by atoms with Gasteiger partial charge in [0.15, 0.2) is 10.5 Å². The maximum absolute atomic E-state index is 14.4. The Bertz CT molecular complexity index is 1090. The zero-order valence-corrected chi connectivity index (χ0v) is 17.5. The highest BCUT2D eigenvalue weighted by molar-refractivity contribution is 7.92. The van der Waals surface area contributed by atoms with Gasteiger partial charge >= 0.3 is 0 Å². The highest BCUT2D eigenvalue weighted by Gasteiger charge is 2.63. The number of nitrogens with one attached hydrogen (secondary N) is 1. The average molecular weight is 414 g/mol. The lowest BCUT2D eigenvalue weighted by atomic mass is 9.70. The lowest BCUT2D eigenvalue weighted by Crippen LogP contribution is -2.56. The molecule has 3 aromatic carbocycles. The maximum atomic E-state index is 14.4. The van der Waals surface area contributed by atoms with Gasteiger partial charge in [-0.15, -0.1) is 0 Å². The molecule has 0 bridgehead atoms. The van der Waals surface area contributed by atoms with E-state index in [1.807, 2.05) is 91.9 Å². The second-order valence-electron chi connectivity index (χ2n) is 7.39. The molecular formula is C26H23NO2S. The average Bonchev–Trinajstić information content (AvgIpc) is 2.80. The Morgan fingerprint density at radius 2 is 1.43 bits per heavy atom. The molecule has 3 nitrogen and oxygen atoms in total. The fraction of sp³-hybridized carbons (Fsp3) is 0.115. The monoisotopic (exact) mass is 413 g/mol. The highest BCUT2D eigenvalue weighted by atomic mass is 32.2. The summed E-state index contributed by atoms with van der Waals surface area (Å²) in [6.45, 7) is 1.98. The predicted octanol–water partition coefficient (Wildman–Crippen LogP) is 5.03. The van der Waals surface area contributed by atoms with Crippen LogP contribution in [0, 0.1) is 12.3 Å². The molecule has 0 aromatic heterocycles. The Kier molecular flexibility index (Phi) is 5.48. The van der Waals surface area contributed by atoms with Gasteiger partial charge in [-0.3, -0.25) is 0 Å². The molecule has 0 radical (unpaired) electrons. The van der Waals surface area contributed by atoms with E-state index in [2.05, 4.69) is 0 Å². The van der Waals surface area contributed by atoms with E-state index in [1.165, 1.54) is 6.21 Å². The van der Waals surface area contributed by atoms with Crippen LogP contribution in [0.2, 0.25) is 0 Å². The van der Waals surface area contributed by atoms with Crippen LogP contribution >= 0.6 is 0 Å². The van der Waals surface area contributed by atoms with Crippen molar-refractivity contribution in [2.45, 2.75) is 22.2 Å². The van der Waals surface area contributed by atoms with Gasteiger partial charge in [0.25, 0.3) is 0 Å². The molecule has 0 saturated carbocycles. The van der Waals surface area contributed by atoms with Crippen molar-refractivity contribution >= 4 is 17.4 Å². The van der Waals surface area contributed by atoms with Crippen LogP contribution < -0.4 is 0 Å². The molecular weight excluding hydrogens is 390 g/mol. The zero-order chi connectivity index (χ0) is 21.2. The normalized spacial score (nSPS) is 24.2. The van der Waals surface area contributed by atoms with Crippen molar-refractivity contribution in [3.05, 3.63) is 125 Å². The maximum Gasteiger partial charge on any atom is 0.218 e. The first-order valence-corrected chi connectivity index (χ1v) is 10.9. The summed E-state index contributed by atoms with van der Waals surface area (Å²) in [4.78, 5) is 0.599. The van der Waals surface area contributed by atoms with Crippen molar-refractivity contribution in [3.63, 3.8) is 0 Å². The fourth-order valence-corrected chi connectivity index (χ4v) is 6.04. The molecule has 0 aliphatic heterocycles. The quantitative estimate of drug-likeness (QED) is 0.455. The Labute approximate surface area is 180 Å². The van der Waals surface area contributed by atoms with Gasteiger partial charge < -0.3 is 15.1 Å². The third-order valence-electron chi connectivity index (χ3n) is 5.62. The second kappa shape index (κ2) is 8.07. The summed E-state index contributed by atoms with van der Waals surface area (Å²) < 4.78 is 13.0. The Balaban J connectivity index is 2.07. The first-order valence-electron chi connectivity index (χ1n) is 9.76. The van der Waals surface area contributed by atoms with Crippen LogP contribution in [0.1, 0.15) is 16.7 Å². The van der Waals surface area contributed by atoms with Crippen LogP contribution in [0.5, 0.6) is 0 Å². The van der Waals surface area contributed by atoms with Crippen LogP contribution in [-0.4, -0.2) is 15.9 Å². The Morgan fingerprint density at radius 1 is 0.867 bits per heavy atom. The fourth-order valence-electron chi connectivity index (χ4n) is 4.14. The van der Waals surface area contributed by atoms with E-state index in [-0.39, 0.29) is 0 Å². The molecule has 4 heteroatoms. The Morgan fingerprint density at radius 3 is 2.00 bits per heavy atom. The number of hydrogen-bond acceptors (Lipinski definition) is 3. The molecule has 4 rings (SSSR count). The molecule has 0 saturated heterocycles. The van der Waals surface area contributed by atoms with Gasteiger partial charge in [-0.2, -0.15) is 0 Å². The summed E-state index contributed by atoms with van der Waals surface area (Å²) in [6, 6.07) is 26.1. The number of hydrogen-bond donors (Lipinski definition) is 2. The van der Waals surface area contributed by atoms with Crippen molar-refractivity contribution in [2.75, 3.05) is 0 Å². The molecule has 1 aliphatic rings. The molecule has 2 N–H and O–H groups in total. The van der Waals surface area contributed by atoms with Gasteiger partial charge in [0, 0.05) is 28.5 Å². The molecule has 3 aromatic rings. The number of allylic oxidation sites excluding steroid dienone is 2. The van der Waals surface area contributed by atoms with E-state index in [1.54, 1.807) is 18.2 Å². The van der Waals surface area contributed by atoms with E-state index >= 15 is 0 Å². The third kappa shape index (κ3) is 3.05. The topological polar surface area (TPSA) is 67.1 Å². The summed E-state index contributed by atoms with van der Waals surface area (Å²) in [5, 5.41) is 20.4. The summed E-state index contributed by atoms with van der Waals surface area (Å²) in [5.41, 5.74) is 1.25. The third-order valence-corrected chi connectivity index (χ3v) is 7.66. The minimum absolute atomic E-state index is 0.487. The predicted molar refractivity (Wildman–Crippen MR) is 122 cm³/mol. The van der Waals surface area contributed by atoms with E-state index in [0.717, 1.165) is 5.56 Å². The van der Waals surface area contributed by atoms with Crippen LogP contribution in [0.25, 0.3) is 0 Å². The van der Waals surface area contributed by atoms with E-state index in [0.29, 0.717) is 21.6 Å². The van der Waals surface area contributed by atoms with Crippen molar-refractivity contribution in [2.24, 2.45) is 0 Å².